The minimum absolute atomic E-state index is 0.0710. The molecule has 4 atom stereocenters. The fourth-order valence-electron chi connectivity index (χ4n) is 5.68. The predicted octanol–water partition coefficient (Wildman–Crippen LogP) is 0.653. The Morgan fingerprint density at radius 1 is 1.08 bits per heavy atom. The van der Waals surface area contributed by atoms with Gasteiger partial charge in [0, 0.05) is 19.6 Å². The highest BCUT2D eigenvalue weighted by Crippen LogP contribution is 2.46. The number of fused-ring (bicyclic) bond motifs is 2. The van der Waals surface area contributed by atoms with Gasteiger partial charge in [0.2, 0.25) is 23.6 Å². The molecule has 0 aliphatic carbocycles. The summed E-state index contributed by atoms with van der Waals surface area (Å²) < 4.78 is 5.58. The fourth-order valence-corrected chi connectivity index (χ4v) is 5.79. The van der Waals surface area contributed by atoms with Crippen LogP contribution in [0.3, 0.4) is 0 Å². The summed E-state index contributed by atoms with van der Waals surface area (Å²) in [4.78, 5) is 54.9. The van der Waals surface area contributed by atoms with Gasteiger partial charge < -0.3 is 30.3 Å². The molecule has 0 unspecified atom stereocenters. The first-order valence-electron chi connectivity index (χ1n) is 13.1. The molecule has 202 valence electrons. The maximum Gasteiger partial charge on any atom is 0.246 e. The van der Waals surface area contributed by atoms with Gasteiger partial charge in [-0.3, -0.25) is 19.2 Å². The Morgan fingerprint density at radius 3 is 2.62 bits per heavy atom. The van der Waals surface area contributed by atoms with Crippen molar-refractivity contribution in [3.63, 3.8) is 0 Å². The monoisotopic (exact) mass is 532 g/mol. The van der Waals surface area contributed by atoms with Crippen LogP contribution in [0, 0.1) is 5.92 Å². The number of nitrogens with one attached hydrogen (secondary N) is 2. The lowest BCUT2D eigenvalue weighted by atomic mass is 9.92. The Bertz CT molecular complexity index is 1010. The van der Waals surface area contributed by atoms with Crippen molar-refractivity contribution in [1.29, 1.82) is 0 Å². The smallest absolute Gasteiger partial charge is 0.246 e. The number of piperazine rings is 1. The number of benzene rings is 1. The van der Waals surface area contributed by atoms with Gasteiger partial charge in [0.25, 0.3) is 0 Å². The second-order valence-electron chi connectivity index (χ2n) is 9.74. The zero-order valence-corrected chi connectivity index (χ0v) is 21.8. The summed E-state index contributed by atoms with van der Waals surface area (Å²) in [5.74, 6) is -0.304. The Morgan fingerprint density at radius 2 is 1.86 bits per heavy atom. The summed E-state index contributed by atoms with van der Waals surface area (Å²) in [7, 11) is 0. The molecule has 3 aliphatic heterocycles. The van der Waals surface area contributed by atoms with E-state index in [1.807, 2.05) is 6.07 Å². The van der Waals surface area contributed by atoms with Crippen LogP contribution in [-0.2, 0) is 19.2 Å². The van der Waals surface area contributed by atoms with Gasteiger partial charge >= 0.3 is 0 Å². The van der Waals surface area contributed by atoms with Crippen LogP contribution < -0.4 is 15.4 Å². The van der Waals surface area contributed by atoms with E-state index >= 15 is 0 Å². The fraction of sp³-hybridized carbons (Fsp3) is 0.615. The summed E-state index contributed by atoms with van der Waals surface area (Å²) in [6, 6.07) is 5.54. The molecule has 1 aromatic carbocycles. The molecule has 3 aliphatic rings. The molecule has 11 heteroatoms. The minimum atomic E-state index is -0.653. The molecule has 3 heterocycles. The van der Waals surface area contributed by atoms with E-state index in [2.05, 4.69) is 23.3 Å². The Labute approximate surface area is 222 Å². The van der Waals surface area contributed by atoms with Crippen LogP contribution in [0.2, 0.25) is 0 Å². The van der Waals surface area contributed by atoms with E-state index in [0.717, 1.165) is 31.2 Å². The van der Waals surface area contributed by atoms with Gasteiger partial charge in [-0.05, 0) is 56.2 Å². The lowest BCUT2D eigenvalue weighted by molar-refractivity contribution is -0.159. The number of aliphatic hydroxyl groups is 1. The predicted molar refractivity (Wildman–Crippen MR) is 139 cm³/mol. The van der Waals surface area contributed by atoms with E-state index in [0.29, 0.717) is 31.8 Å². The van der Waals surface area contributed by atoms with Crippen LogP contribution in [0.25, 0.3) is 0 Å². The number of rotatable bonds is 12. The van der Waals surface area contributed by atoms with Gasteiger partial charge in [0.15, 0.2) is 0 Å². The maximum atomic E-state index is 13.6. The molecule has 3 saturated heterocycles. The lowest BCUT2D eigenvalue weighted by Gasteiger charge is -2.41. The van der Waals surface area contributed by atoms with Crippen molar-refractivity contribution < 1.29 is 29.0 Å². The number of ether oxygens (including phenoxy) is 1. The van der Waals surface area contributed by atoms with E-state index in [1.165, 1.54) is 0 Å². The van der Waals surface area contributed by atoms with Gasteiger partial charge in [-0.25, -0.2) is 0 Å². The summed E-state index contributed by atoms with van der Waals surface area (Å²) >= 11 is 3.93. The van der Waals surface area contributed by atoms with Crippen LogP contribution in [0.4, 0.5) is 0 Å². The second-order valence-corrected chi connectivity index (χ2v) is 10.1. The van der Waals surface area contributed by atoms with Crippen molar-refractivity contribution in [2.45, 2.75) is 56.7 Å². The van der Waals surface area contributed by atoms with Crippen molar-refractivity contribution in [3.05, 3.63) is 29.8 Å². The molecule has 3 fully saturated rings. The molecular formula is C26H36N4O6S. The third kappa shape index (κ3) is 6.04. The first kappa shape index (κ1) is 27.3. The molecule has 0 spiro atoms. The standard InChI is InChI=1S/C26H36N4O6S/c31-12-13-36-18-7-4-6-17(14-18)23-19(24(33)28-10-3-1-2-9-27-22(32)16-37)15-21-25(34)29-11-5-8-20(29)26(35)30(21)23/h4,6-7,14,19-21,23,31,37H,1-3,5,8-13,15-16H2,(H,27,32)(H,28,33)/t19-,20+,21-,23-/m1/s1. The molecule has 1 aromatic rings. The van der Waals surface area contributed by atoms with Crippen molar-refractivity contribution in [1.82, 2.24) is 20.4 Å². The number of hydrogen-bond donors (Lipinski definition) is 4. The van der Waals surface area contributed by atoms with Gasteiger partial charge in [0.05, 0.1) is 24.3 Å². The van der Waals surface area contributed by atoms with Crippen molar-refractivity contribution in [2.24, 2.45) is 5.92 Å². The highest BCUT2D eigenvalue weighted by Gasteiger charge is 2.57. The molecule has 0 saturated carbocycles. The first-order chi connectivity index (χ1) is 18.0. The van der Waals surface area contributed by atoms with E-state index in [4.69, 9.17) is 9.84 Å². The van der Waals surface area contributed by atoms with E-state index in [9.17, 15) is 19.2 Å². The highest BCUT2D eigenvalue weighted by atomic mass is 32.1. The Balaban J connectivity index is 1.46. The molecule has 0 radical (unpaired) electrons. The van der Waals surface area contributed by atoms with Crippen molar-refractivity contribution >= 4 is 36.3 Å². The number of carbonyl (C=O) groups is 4. The van der Waals surface area contributed by atoms with E-state index in [1.54, 1.807) is 28.0 Å². The number of nitrogens with zero attached hydrogens (tertiary/aromatic N) is 2. The average Bonchev–Trinajstić information content (AvgIpc) is 3.56. The maximum absolute atomic E-state index is 13.6. The summed E-state index contributed by atoms with van der Waals surface area (Å²) in [6.45, 7) is 1.64. The summed E-state index contributed by atoms with van der Waals surface area (Å²) in [5, 5.41) is 14.9. The Hall–Kier alpha value is -2.79. The van der Waals surface area contributed by atoms with Gasteiger partial charge in [0.1, 0.15) is 24.4 Å². The van der Waals surface area contributed by atoms with Gasteiger partial charge in [-0.15, -0.1) is 0 Å². The van der Waals surface area contributed by atoms with Crippen LogP contribution in [-0.4, -0.2) is 89.2 Å². The molecule has 4 rings (SSSR count). The number of hydrogen-bond acceptors (Lipinski definition) is 7. The molecule has 0 bridgehead atoms. The third-order valence-corrected chi connectivity index (χ3v) is 7.66. The van der Waals surface area contributed by atoms with Gasteiger partial charge in [-0.1, -0.05) is 12.1 Å². The minimum Gasteiger partial charge on any atom is -0.491 e. The molecule has 10 nitrogen and oxygen atoms in total. The number of carbonyl (C=O) groups excluding carboxylic acids is 4. The van der Waals surface area contributed by atoms with Crippen LogP contribution in [0.15, 0.2) is 24.3 Å². The topological polar surface area (TPSA) is 128 Å². The summed E-state index contributed by atoms with van der Waals surface area (Å²) in [6.07, 6.45) is 4.13. The van der Waals surface area contributed by atoms with Crippen LogP contribution in [0.5, 0.6) is 5.75 Å². The van der Waals surface area contributed by atoms with E-state index < -0.39 is 24.0 Å². The molecular weight excluding hydrogens is 496 g/mol. The SMILES string of the molecule is O=C(CS)NCCCCCNC(=O)[C@@H]1C[C@@H]2C(=O)N3CCC[C@H]3C(=O)N2[C@@H]1c1cccc(OCCO)c1. The molecule has 0 aromatic heterocycles. The zero-order valence-electron chi connectivity index (χ0n) is 20.9. The first-order valence-corrected chi connectivity index (χ1v) is 13.7. The van der Waals surface area contributed by atoms with E-state index in [-0.39, 0.29) is 49.0 Å². The van der Waals surface area contributed by atoms with Crippen LogP contribution in [0.1, 0.15) is 50.1 Å². The van der Waals surface area contributed by atoms with Crippen molar-refractivity contribution in [2.75, 3.05) is 38.6 Å². The quantitative estimate of drug-likeness (QED) is 0.231. The van der Waals surface area contributed by atoms with Gasteiger partial charge in [-0.2, -0.15) is 12.6 Å². The number of unbranched alkanes of at least 4 members (excludes halogenated alkanes) is 2. The largest absolute Gasteiger partial charge is 0.491 e. The number of amides is 4. The molecule has 37 heavy (non-hydrogen) atoms. The lowest BCUT2D eigenvalue weighted by Crippen LogP contribution is -2.60. The third-order valence-electron chi connectivity index (χ3n) is 7.37. The van der Waals surface area contributed by atoms with Crippen molar-refractivity contribution in [3.8, 4) is 5.75 Å². The number of aliphatic hydroxyl groups excluding tert-OH is 1. The zero-order chi connectivity index (χ0) is 26.4. The molecule has 3 N–H and O–H groups in total. The molecule has 4 amide bonds. The second kappa shape index (κ2) is 12.6. The number of thiol groups is 1. The Kier molecular flexibility index (Phi) is 9.31. The summed E-state index contributed by atoms with van der Waals surface area (Å²) in [5.41, 5.74) is 0.741. The van der Waals surface area contributed by atoms with Crippen LogP contribution >= 0.6 is 12.6 Å². The normalized spacial score (nSPS) is 24.6. The highest BCUT2D eigenvalue weighted by molar-refractivity contribution is 7.81. The average molecular weight is 533 g/mol.